The zero-order valence-corrected chi connectivity index (χ0v) is 9.06. The number of methoxy groups -OCH3 is 1. The Bertz CT molecular complexity index is 322. The SMILES string of the molecule is CCCc1nc(COC)c(C(=O)O)s1. The predicted octanol–water partition coefficient (Wildman–Crippen LogP) is 1.94. The molecule has 0 aliphatic heterocycles. The molecular formula is C9H13NO3S. The molecule has 1 aromatic heterocycles. The third-order valence-electron chi connectivity index (χ3n) is 1.68. The van der Waals surface area contributed by atoms with E-state index in [9.17, 15) is 4.79 Å². The lowest BCUT2D eigenvalue weighted by molar-refractivity contribution is 0.0697. The van der Waals surface area contributed by atoms with Crippen LogP contribution in [-0.4, -0.2) is 23.2 Å². The van der Waals surface area contributed by atoms with E-state index in [0.29, 0.717) is 10.6 Å². The molecule has 0 unspecified atom stereocenters. The van der Waals surface area contributed by atoms with Crippen LogP contribution < -0.4 is 0 Å². The summed E-state index contributed by atoms with van der Waals surface area (Å²) in [6.07, 6.45) is 1.80. The molecular weight excluding hydrogens is 202 g/mol. The average Bonchev–Trinajstić information content (AvgIpc) is 2.49. The quantitative estimate of drug-likeness (QED) is 0.815. The van der Waals surface area contributed by atoms with Crippen molar-refractivity contribution in [1.82, 2.24) is 4.98 Å². The number of carboxylic acids is 1. The van der Waals surface area contributed by atoms with Crippen molar-refractivity contribution in [3.8, 4) is 0 Å². The fourth-order valence-corrected chi connectivity index (χ4v) is 2.13. The van der Waals surface area contributed by atoms with Crippen LogP contribution in [0.25, 0.3) is 0 Å². The second kappa shape index (κ2) is 5.07. The zero-order valence-electron chi connectivity index (χ0n) is 8.24. The fraction of sp³-hybridized carbons (Fsp3) is 0.556. The van der Waals surface area contributed by atoms with E-state index in [2.05, 4.69) is 4.98 Å². The van der Waals surface area contributed by atoms with Crippen LogP contribution in [0, 0.1) is 0 Å². The summed E-state index contributed by atoms with van der Waals surface area (Å²) in [6.45, 7) is 2.31. The molecule has 1 aromatic rings. The topological polar surface area (TPSA) is 59.4 Å². The number of rotatable bonds is 5. The third-order valence-corrected chi connectivity index (χ3v) is 2.83. The van der Waals surface area contributed by atoms with Gasteiger partial charge in [0.2, 0.25) is 0 Å². The standard InChI is InChI=1S/C9H13NO3S/c1-3-4-7-10-6(5-13-2)8(14-7)9(11)12/h3-5H2,1-2H3,(H,11,12). The van der Waals surface area contributed by atoms with E-state index >= 15 is 0 Å². The maximum absolute atomic E-state index is 10.8. The second-order valence-electron chi connectivity index (χ2n) is 2.87. The van der Waals surface area contributed by atoms with Gasteiger partial charge in [-0.1, -0.05) is 6.92 Å². The first-order valence-corrected chi connectivity index (χ1v) is 5.21. The summed E-state index contributed by atoms with van der Waals surface area (Å²) in [6, 6.07) is 0. The van der Waals surface area contributed by atoms with Crippen molar-refractivity contribution < 1.29 is 14.6 Å². The average molecular weight is 215 g/mol. The van der Waals surface area contributed by atoms with E-state index < -0.39 is 5.97 Å². The van der Waals surface area contributed by atoms with Gasteiger partial charge in [-0.25, -0.2) is 9.78 Å². The van der Waals surface area contributed by atoms with Crippen molar-refractivity contribution in [3.05, 3.63) is 15.6 Å². The van der Waals surface area contributed by atoms with Crippen molar-refractivity contribution in [2.75, 3.05) is 7.11 Å². The summed E-state index contributed by atoms with van der Waals surface area (Å²) in [5.74, 6) is -0.920. The van der Waals surface area contributed by atoms with Gasteiger partial charge in [0.1, 0.15) is 4.88 Å². The molecule has 4 nitrogen and oxygen atoms in total. The molecule has 0 atom stereocenters. The van der Waals surface area contributed by atoms with Gasteiger partial charge < -0.3 is 9.84 Å². The number of aromatic carboxylic acids is 1. The van der Waals surface area contributed by atoms with Gasteiger partial charge in [-0.15, -0.1) is 11.3 Å². The maximum atomic E-state index is 10.8. The number of thiazole rings is 1. The summed E-state index contributed by atoms with van der Waals surface area (Å²) in [5.41, 5.74) is 0.536. The van der Waals surface area contributed by atoms with Gasteiger partial charge in [-0.05, 0) is 12.8 Å². The van der Waals surface area contributed by atoms with Crippen LogP contribution in [0.15, 0.2) is 0 Å². The van der Waals surface area contributed by atoms with Crippen molar-refractivity contribution in [2.24, 2.45) is 0 Å². The Kier molecular flexibility index (Phi) is 4.03. The van der Waals surface area contributed by atoms with Crippen LogP contribution >= 0.6 is 11.3 Å². The molecule has 1 rings (SSSR count). The Balaban J connectivity index is 2.93. The van der Waals surface area contributed by atoms with Gasteiger partial charge in [0.05, 0.1) is 17.3 Å². The van der Waals surface area contributed by atoms with Gasteiger partial charge in [-0.3, -0.25) is 0 Å². The maximum Gasteiger partial charge on any atom is 0.347 e. The summed E-state index contributed by atoms with van der Waals surface area (Å²) in [5, 5.41) is 9.76. The first-order chi connectivity index (χ1) is 6.69. The van der Waals surface area contributed by atoms with E-state index in [0.717, 1.165) is 17.8 Å². The minimum Gasteiger partial charge on any atom is -0.477 e. The van der Waals surface area contributed by atoms with Crippen LogP contribution in [0.5, 0.6) is 0 Å². The van der Waals surface area contributed by atoms with Crippen LogP contribution in [0.2, 0.25) is 0 Å². The van der Waals surface area contributed by atoms with Gasteiger partial charge >= 0.3 is 5.97 Å². The van der Waals surface area contributed by atoms with Gasteiger partial charge in [0.15, 0.2) is 0 Å². The highest BCUT2D eigenvalue weighted by Crippen LogP contribution is 2.20. The number of aryl methyl sites for hydroxylation is 1. The van der Waals surface area contributed by atoms with E-state index in [1.807, 2.05) is 6.92 Å². The molecule has 0 saturated carbocycles. The highest BCUT2D eigenvalue weighted by Gasteiger charge is 2.16. The normalized spacial score (nSPS) is 10.4. The molecule has 0 fully saturated rings. The predicted molar refractivity (Wildman–Crippen MR) is 53.8 cm³/mol. The molecule has 0 radical (unpaired) electrons. The smallest absolute Gasteiger partial charge is 0.347 e. The number of ether oxygens (including phenoxy) is 1. The van der Waals surface area contributed by atoms with Crippen LogP contribution in [0.3, 0.4) is 0 Å². The molecule has 1 N–H and O–H groups in total. The molecule has 0 aliphatic rings. The molecule has 0 bridgehead atoms. The lowest BCUT2D eigenvalue weighted by Gasteiger charge is -1.94. The number of aromatic nitrogens is 1. The van der Waals surface area contributed by atoms with E-state index in [-0.39, 0.29) is 6.61 Å². The van der Waals surface area contributed by atoms with Crippen molar-refractivity contribution in [2.45, 2.75) is 26.4 Å². The molecule has 5 heteroatoms. The highest BCUT2D eigenvalue weighted by atomic mass is 32.1. The third kappa shape index (κ3) is 2.52. The molecule has 0 aliphatic carbocycles. The van der Waals surface area contributed by atoms with Crippen molar-refractivity contribution in [1.29, 1.82) is 0 Å². The van der Waals surface area contributed by atoms with Crippen molar-refractivity contribution in [3.63, 3.8) is 0 Å². The lowest BCUT2D eigenvalue weighted by atomic mass is 10.3. The molecule has 0 amide bonds. The zero-order chi connectivity index (χ0) is 10.6. The minimum atomic E-state index is -0.920. The Morgan fingerprint density at radius 1 is 1.64 bits per heavy atom. The molecule has 14 heavy (non-hydrogen) atoms. The number of carbonyl (C=O) groups is 1. The molecule has 0 spiro atoms. The summed E-state index contributed by atoms with van der Waals surface area (Å²) in [7, 11) is 1.53. The summed E-state index contributed by atoms with van der Waals surface area (Å²) in [4.78, 5) is 15.4. The van der Waals surface area contributed by atoms with E-state index in [4.69, 9.17) is 9.84 Å². The van der Waals surface area contributed by atoms with Gasteiger partial charge in [0.25, 0.3) is 0 Å². The monoisotopic (exact) mass is 215 g/mol. The Hall–Kier alpha value is -0.940. The first kappa shape index (κ1) is 11.1. The summed E-state index contributed by atoms with van der Waals surface area (Å²) < 4.78 is 4.89. The Labute approximate surface area is 86.6 Å². The Morgan fingerprint density at radius 3 is 2.86 bits per heavy atom. The lowest BCUT2D eigenvalue weighted by Crippen LogP contribution is -1.99. The van der Waals surface area contributed by atoms with E-state index in [1.54, 1.807) is 0 Å². The van der Waals surface area contributed by atoms with Crippen molar-refractivity contribution >= 4 is 17.3 Å². The van der Waals surface area contributed by atoms with Crippen LogP contribution in [-0.2, 0) is 17.8 Å². The number of hydrogen-bond donors (Lipinski definition) is 1. The number of nitrogens with zero attached hydrogens (tertiary/aromatic N) is 1. The van der Waals surface area contributed by atoms with E-state index in [1.165, 1.54) is 18.4 Å². The molecule has 0 saturated heterocycles. The minimum absolute atomic E-state index is 0.266. The Morgan fingerprint density at radius 2 is 2.36 bits per heavy atom. The number of hydrogen-bond acceptors (Lipinski definition) is 4. The number of carboxylic acid groups (broad SMARTS) is 1. The second-order valence-corrected chi connectivity index (χ2v) is 3.96. The fourth-order valence-electron chi connectivity index (χ4n) is 1.12. The first-order valence-electron chi connectivity index (χ1n) is 4.39. The summed E-state index contributed by atoms with van der Waals surface area (Å²) >= 11 is 1.24. The molecule has 1 heterocycles. The van der Waals surface area contributed by atoms with Gasteiger partial charge in [0, 0.05) is 7.11 Å². The largest absolute Gasteiger partial charge is 0.477 e. The molecule has 78 valence electrons. The van der Waals surface area contributed by atoms with Gasteiger partial charge in [-0.2, -0.15) is 0 Å². The molecule has 0 aromatic carbocycles. The van der Waals surface area contributed by atoms with Crippen LogP contribution in [0.1, 0.15) is 33.7 Å². The highest BCUT2D eigenvalue weighted by molar-refractivity contribution is 7.13. The van der Waals surface area contributed by atoms with Crippen LogP contribution in [0.4, 0.5) is 0 Å².